The van der Waals surface area contributed by atoms with Crippen LogP contribution in [0.15, 0.2) is 36.4 Å². The lowest BCUT2D eigenvalue weighted by atomic mass is 9.81. The first-order valence-electron chi connectivity index (χ1n) is 16.8. The number of methoxy groups -OCH3 is 2. The van der Waals surface area contributed by atoms with E-state index in [0.717, 1.165) is 63.5 Å². The molecule has 3 N–H and O–H groups in total. The first-order valence-corrected chi connectivity index (χ1v) is 18.2. The number of rotatable bonds is 11. The SMILES string of the molecule is COCCNC(=O)CN(C)C(=O)NC12CC1c1cc(OC)ccc1-c1c(C3CCCCC3)c3ccc(C(=O)NS(=O)(=O)N(C)C)cc3n1C2. The second kappa shape index (κ2) is 13.6. The van der Waals surface area contributed by atoms with Gasteiger partial charge in [0.2, 0.25) is 5.91 Å². The van der Waals surface area contributed by atoms with Gasteiger partial charge in [0.05, 0.1) is 24.9 Å². The number of nitrogens with one attached hydrogen (secondary N) is 3. The minimum absolute atomic E-state index is 0.0173. The second-order valence-electron chi connectivity index (χ2n) is 13.6. The first kappa shape index (κ1) is 34.7. The van der Waals surface area contributed by atoms with Crippen molar-refractivity contribution in [3.05, 3.63) is 53.1 Å². The Morgan fingerprint density at radius 1 is 1.02 bits per heavy atom. The summed E-state index contributed by atoms with van der Waals surface area (Å²) in [5, 5.41) is 7.06. The Kier molecular flexibility index (Phi) is 9.66. The van der Waals surface area contributed by atoms with Gasteiger partial charge >= 0.3 is 16.2 Å². The van der Waals surface area contributed by atoms with Gasteiger partial charge in [0.25, 0.3) is 5.91 Å². The van der Waals surface area contributed by atoms with Gasteiger partial charge in [-0.1, -0.05) is 25.3 Å². The van der Waals surface area contributed by atoms with E-state index < -0.39 is 21.7 Å². The molecule has 2 saturated carbocycles. The summed E-state index contributed by atoms with van der Waals surface area (Å²) in [6, 6.07) is 11.1. The maximum atomic E-state index is 13.7. The third-order valence-electron chi connectivity index (χ3n) is 10.2. The fourth-order valence-corrected chi connectivity index (χ4v) is 8.04. The van der Waals surface area contributed by atoms with Gasteiger partial charge in [-0.15, -0.1) is 0 Å². The van der Waals surface area contributed by atoms with Gasteiger partial charge in [-0.3, -0.25) is 9.59 Å². The summed E-state index contributed by atoms with van der Waals surface area (Å²) in [6.45, 7) is 1.04. The number of ether oxygens (including phenoxy) is 2. The number of hydrogen-bond acceptors (Lipinski definition) is 7. The number of amides is 4. The van der Waals surface area contributed by atoms with Gasteiger partial charge in [0.1, 0.15) is 12.3 Å². The maximum absolute atomic E-state index is 13.7. The second-order valence-corrected chi connectivity index (χ2v) is 15.5. The van der Waals surface area contributed by atoms with E-state index >= 15 is 0 Å². The smallest absolute Gasteiger partial charge is 0.318 e. The molecule has 13 nitrogen and oxygen atoms in total. The molecule has 0 saturated heterocycles. The van der Waals surface area contributed by atoms with Crippen LogP contribution in [0.5, 0.6) is 5.75 Å². The molecule has 2 unspecified atom stereocenters. The fourth-order valence-electron chi connectivity index (χ4n) is 7.51. The Labute approximate surface area is 287 Å². The van der Waals surface area contributed by atoms with Crippen molar-refractivity contribution in [1.29, 1.82) is 0 Å². The van der Waals surface area contributed by atoms with Crippen molar-refractivity contribution in [2.24, 2.45) is 0 Å². The first-order chi connectivity index (χ1) is 23.4. The molecule has 0 bridgehead atoms. The largest absolute Gasteiger partial charge is 0.497 e. The number of urea groups is 1. The zero-order valence-electron chi connectivity index (χ0n) is 28.8. The van der Waals surface area contributed by atoms with Crippen LogP contribution in [0, 0.1) is 0 Å². The normalized spacial score (nSPS) is 20.1. The molecule has 3 aromatic rings. The van der Waals surface area contributed by atoms with Crippen molar-refractivity contribution in [3.8, 4) is 17.0 Å². The monoisotopic (exact) mass is 694 g/mol. The van der Waals surface area contributed by atoms with Crippen molar-refractivity contribution in [1.82, 2.24) is 29.1 Å². The minimum atomic E-state index is -4.00. The zero-order valence-corrected chi connectivity index (χ0v) is 29.6. The topological polar surface area (TPSA) is 151 Å². The highest BCUT2D eigenvalue weighted by Gasteiger charge is 2.59. The molecule has 6 rings (SSSR count). The van der Waals surface area contributed by atoms with Gasteiger partial charge in [0.15, 0.2) is 0 Å². The van der Waals surface area contributed by atoms with Gasteiger partial charge in [-0.25, -0.2) is 9.52 Å². The summed E-state index contributed by atoms with van der Waals surface area (Å²) in [6.07, 6.45) is 6.21. The van der Waals surface area contributed by atoms with Gasteiger partial charge in [0, 0.05) is 69.3 Å². The van der Waals surface area contributed by atoms with Gasteiger partial charge < -0.3 is 29.6 Å². The standard InChI is InChI=1S/C35H46N6O7S/c1-39(2)49(45,46)38-33(43)23-11-13-26-29(17-23)41-21-35(37-34(44)40(3)20-30(42)36-15-16-47-4)19-28(35)27-18-24(48-5)12-14-25(27)32(41)31(26)22-9-7-6-8-10-22/h11-14,17-18,22,28H,6-10,15-16,19-21H2,1-5H3,(H,36,42)(H,37,44)(H,38,43). The number of nitrogens with zero attached hydrogens (tertiary/aromatic N) is 3. The number of benzene rings is 2. The van der Waals surface area contributed by atoms with Crippen LogP contribution in [0.4, 0.5) is 4.79 Å². The highest BCUT2D eigenvalue weighted by Crippen LogP contribution is 2.60. The van der Waals surface area contributed by atoms with Crippen molar-refractivity contribution in [3.63, 3.8) is 0 Å². The molecule has 2 heterocycles. The van der Waals surface area contributed by atoms with Gasteiger partial charge in [-0.05, 0) is 66.6 Å². The Morgan fingerprint density at radius 2 is 1.78 bits per heavy atom. The van der Waals surface area contributed by atoms with Crippen LogP contribution in [0.2, 0.25) is 0 Å². The summed E-state index contributed by atoms with van der Waals surface area (Å²) >= 11 is 0. The van der Waals surface area contributed by atoms with Crippen molar-refractivity contribution < 1.29 is 32.3 Å². The number of fused-ring (bicyclic) bond motifs is 7. The minimum Gasteiger partial charge on any atom is -0.497 e. The molecule has 2 fully saturated rings. The Bertz CT molecular complexity index is 1880. The van der Waals surface area contributed by atoms with Crippen LogP contribution in [-0.4, -0.2) is 101 Å². The molecule has 4 amide bonds. The van der Waals surface area contributed by atoms with E-state index in [9.17, 15) is 22.8 Å². The number of carbonyl (C=O) groups is 3. The van der Waals surface area contributed by atoms with Crippen LogP contribution in [-0.2, 0) is 26.3 Å². The average molecular weight is 695 g/mol. The van der Waals surface area contributed by atoms with Crippen molar-refractivity contribution >= 4 is 39.0 Å². The molecular weight excluding hydrogens is 648 g/mol. The molecule has 0 radical (unpaired) electrons. The summed E-state index contributed by atoms with van der Waals surface area (Å²) in [7, 11) is 3.51. The summed E-state index contributed by atoms with van der Waals surface area (Å²) in [5.74, 6) is 0.00566. The van der Waals surface area contributed by atoms with E-state index in [1.807, 2.05) is 12.1 Å². The van der Waals surface area contributed by atoms with E-state index in [1.165, 1.54) is 31.0 Å². The molecule has 2 aromatic carbocycles. The van der Waals surface area contributed by atoms with Crippen molar-refractivity contribution in [2.75, 3.05) is 55.1 Å². The molecule has 2 atom stereocenters. The molecule has 14 heteroatoms. The van der Waals surface area contributed by atoms with Gasteiger partial charge in [-0.2, -0.15) is 12.7 Å². The highest BCUT2D eigenvalue weighted by molar-refractivity contribution is 7.87. The molecule has 3 aliphatic rings. The number of aromatic nitrogens is 1. The molecule has 49 heavy (non-hydrogen) atoms. The molecule has 2 aliphatic carbocycles. The van der Waals surface area contributed by atoms with Crippen LogP contribution in [0.1, 0.15) is 71.8 Å². The highest BCUT2D eigenvalue weighted by atomic mass is 32.2. The lowest BCUT2D eigenvalue weighted by Gasteiger charge is -2.25. The molecule has 1 aliphatic heterocycles. The van der Waals surface area contributed by atoms with E-state index in [0.29, 0.717) is 32.0 Å². The summed E-state index contributed by atoms with van der Waals surface area (Å²) in [5.41, 5.74) is 4.77. The maximum Gasteiger partial charge on any atom is 0.318 e. The lowest BCUT2D eigenvalue weighted by Crippen LogP contribution is -2.49. The van der Waals surface area contributed by atoms with Crippen LogP contribution < -0.4 is 20.1 Å². The summed E-state index contributed by atoms with van der Waals surface area (Å²) in [4.78, 5) is 40.9. The number of carbonyl (C=O) groups excluding carboxylic acids is 3. The Morgan fingerprint density at radius 3 is 2.47 bits per heavy atom. The predicted molar refractivity (Wildman–Crippen MR) is 186 cm³/mol. The number of likely N-dealkylation sites (N-methyl/N-ethyl adjacent to an activating group) is 1. The van der Waals surface area contributed by atoms with Crippen molar-refractivity contribution in [2.45, 2.75) is 62.4 Å². The van der Waals surface area contributed by atoms with E-state index in [1.54, 1.807) is 33.4 Å². The third kappa shape index (κ3) is 6.73. The molecule has 0 spiro atoms. The lowest BCUT2D eigenvalue weighted by molar-refractivity contribution is -0.121. The Balaban J connectivity index is 1.45. The van der Waals surface area contributed by atoms with Crippen LogP contribution in [0.25, 0.3) is 22.2 Å². The fraction of sp³-hybridized carbons (Fsp3) is 0.514. The quantitative estimate of drug-likeness (QED) is 0.260. The summed E-state index contributed by atoms with van der Waals surface area (Å²) < 4.78 is 41.1. The van der Waals surface area contributed by atoms with E-state index in [4.69, 9.17) is 9.47 Å². The third-order valence-corrected chi connectivity index (χ3v) is 11.6. The predicted octanol–water partition coefficient (Wildman–Crippen LogP) is 3.54. The molecule has 1 aromatic heterocycles. The Hall–Kier alpha value is -4.14. The number of hydrogen-bond donors (Lipinski definition) is 3. The average Bonchev–Trinajstić information content (AvgIpc) is 3.71. The zero-order chi connectivity index (χ0) is 35.1. The van der Waals surface area contributed by atoms with E-state index in [2.05, 4.69) is 32.1 Å². The molecular formula is C35H46N6O7S. The van der Waals surface area contributed by atoms with Crippen LogP contribution in [0.3, 0.4) is 0 Å². The van der Waals surface area contributed by atoms with Crippen LogP contribution >= 0.6 is 0 Å². The van der Waals surface area contributed by atoms with E-state index in [-0.39, 0.29) is 30.0 Å². The molecule has 264 valence electrons.